The smallest absolute Gasteiger partial charge is 0.214 e. The average molecular weight is 259 g/mol. The minimum absolute atomic E-state index is 0.0745. The summed E-state index contributed by atoms with van der Waals surface area (Å²) in [5.74, 6) is 0.0735. The van der Waals surface area contributed by atoms with Crippen molar-refractivity contribution in [1.29, 1.82) is 0 Å². The highest BCUT2D eigenvalue weighted by atomic mass is 19.1. The Bertz CT molecular complexity index is 537. The number of halogens is 1. The quantitative estimate of drug-likeness (QED) is 0.852. The molecule has 0 amide bonds. The van der Waals surface area contributed by atoms with E-state index in [0.717, 1.165) is 11.3 Å². The van der Waals surface area contributed by atoms with Crippen LogP contribution in [-0.4, -0.2) is 19.1 Å². The van der Waals surface area contributed by atoms with E-state index in [4.69, 9.17) is 0 Å². The Labute approximate surface area is 113 Å². The molecular weight excluding hydrogens is 241 g/mol. The van der Waals surface area contributed by atoms with Crippen LogP contribution in [0.2, 0.25) is 0 Å². The first-order valence-corrected chi connectivity index (χ1v) is 6.22. The Morgan fingerprint density at radius 1 is 1.11 bits per heavy atom. The fourth-order valence-corrected chi connectivity index (χ4v) is 1.85. The van der Waals surface area contributed by atoms with E-state index in [-0.39, 0.29) is 6.04 Å². The van der Waals surface area contributed by atoms with Crippen molar-refractivity contribution < 1.29 is 4.39 Å². The minimum Gasteiger partial charge on any atom is -0.378 e. The van der Waals surface area contributed by atoms with Gasteiger partial charge in [-0.1, -0.05) is 18.2 Å². The highest BCUT2D eigenvalue weighted by Gasteiger charge is 2.07. The maximum atomic E-state index is 13.0. The van der Waals surface area contributed by atoms with Crippen molar-refractivity contribution in [1.82, 2.24) is 4.98 Å². The molecule has 2 rings (SSSR count). The van der Waals surface area contributed by atoms with Gasteiger partial charge in [0.1, 0.15) is 5.82 Å². The molecule has 100 valence electrons. The highest BCUT2D eigenvalue weighted by Crippen LogP contribution is 2.20. The molecule has 0 radical (unpaired) electrons. The molecule has 2 aromatic rings. The topological polar surface area (TPSA) is 28.2 Å². The van der Waals surface area contributed by atoms with E-state index in [1.165, 1.54) is 6.07 Å². The summed E-state index contributed by atoms with van der Waals surface area (Å²) in [5, 5.41) is 3.18. The number of pyridine rings is 1. The summed E-state index contributed by atoms with van der Waals surface area (Å²) in [6.45, 7) is 2.03. The summed E-state index contributed by atoms with van der Waals surface area (Å²) in [6, 6.07) is 13.1. The van der Waals surface area contributed by atoms with Crippen LogP contribution in [0.4, 0.5) is 15.9 Å². The van der Waals surface area contributed by atoms with Gasteiger partial charge >= 0.3 is 0 Å². The van der Waals surface area contributed by atoms with E-state index < -0.39 is 5.95 Å². The third-order valence-electron chi connectivity index (χ3n) is 2.99. The van der Waals surface area contributed by atoms with Gasteiger partial charge in [-0.15, -0.1) is 0 Å². The Morgan fingerprint density at radius 2 is 1.79 bits per heavy atom. The Hall–Kier alpha value is -2.10. The number of hydrogen-bond acceptors (Lipinski definition) is 3. The molecule has 0 aliphatic rings. The minimum atomic E-state index is -0.472. The Morgan fingerprint density at radius 3 is 2.37 bits per heavy atom. The predicted octanol–water partition coefficient (Wildman–Crippen LogP) is 3.46. The van der Waals surface area contributed by atoms with Crippen molar-refractivity contribution in [2.75, 3.05) is 24.3 Å². The molecule has 0 saturated carbocycles. The second-order valence-electron chi connectivity index (χ2n) is 4.70. The van der Waals surface area contributed by atoms with Crippen LogP contribution in [0, 0.1) is 5.95 Å². The lowest BCUT2D eigenvalue weighted by Crippen LogP contribution is -2.10. The van der Waals surface area contributed by atoms with Crippen LogP contribution in [0.1, 0.15) is 18.5 Å². The lowest BCUT2D eigenvalue weighted by atomic mass is 10.1. The molecule has 0 saturated heterocycles. The standard InChI is InChI=1S/C15H18FN3/c1-11(17-15-6-4-5-14(16)18-15)12-7-9-13(10-8-12)19(2)3/h4-11H,1-3H3,(H,17,18). The van der Waals surface area contributed by atoms with Crippen molar-refractivity contribution in [3.05, 3.63) is 54.0 Å². The molecule has 1 unspecified atom stereocenters. The zero-order valence-corrected chi connectivity index (χ0v) is 11.4. The van der Waals surface area contributed by atoms with Gasteiger partial charge in [-0.05, 0) is 36.8 Å². The van der Waals surface area contributed by atoms with Gasteiger partial charge in [0, 0.05) is 25.8 Å². The van der Waals surface area contributed by atoms with Crippen molar-refractivity contribution in [2.24, 2.45) is 0 Å². The van der Waals surface area contributed by atoms with Gasteiger partial charge in [0.25, 0.3) is 0 Å². The molecule has 1 atom stereocenters. The number of nitrogens with zero attached hydrogens (tertiary/aromatic N) is 2. The normalized spacial score (nSPS) is 12.0. The van der Waals surface area contributed by atoms with E-state index in [0.29, 0.717) is 5.82 Å². The highest BCUT2D eigenvalue weighted by molar-refractivity contribution is 5.47. The molecule has 4 heteroatoms. The van der Waals surface area contributed by atoms with Crippen molar-refractivity contribution in [2.45, 2.75) is 13.0 Å². The van der Waals surface area contributed by atoms with Gasteiger partial charge in [-0.2, -0.15) is 4.39 Å². The first-order valence-electron chi connectivity index (χ1n) is 6.22. The fraction of sp³-hybridized carbons (Fsp3) is 0.267. The number of rotatable bonds is 4. The lowest BCUT2D eigenvalue weighted by molar-refractivity contribution is 0.584. The van der Waals surface area contributed by atoms with Crippen LogP contribution in [0.15, 0.2) is 42.5 Å². The number of anilines is 2. The molecule has 1 aromatic carbocycles. The lowest BCUT2D eigenvalue weighted by Gasteiger charge is -2.17. The maximum absolute atomic E-state index is 13.0. The molecule has 0 bridgehead atoms. The Kier molecular flexibility index (Phi) is 4.00. The van der Waals surface area contributed by atoms with Gasteiger partial charge < -0.3 is 10.2 Å². The van der Waals surface area contributed by atoms with Crippen LogP contribution >= 0.6 is 0 Å². The van der Waals surface area contributed by atoms with Crippen LogP contribution in [0.5, 0.6) is 0 Å². The van der Waals surface area contributed by atoms with Gasteiger partial charge in [0.15, 0.2) is 0 Å². The number of nitrogens with one attached hydrogen (secondary N) is 1. The molecule has 19 heavy (non-hydrogen) atoms. The third-order valence-corrected chi connectivity index (χ3v) is 2.99. The van der Waals surface area contributed by atoms with Gasteiger partial charge in [0.05, 0.1) is 0 Å². The number of benzene rings is 1. The molecule has 1 N–H and O–H groups in total. The van der Waals surface area contributed by atoms with Crippen molar-refractivity contribution in [3.8, 4) is 0 Å². The van der Waals surface area contributed by atoms with E-state index in [9.17, 15) is 4.39 Å². The first kappa shape index (κ1) is 13.3. The monoisotopic (exact) mass is 259 g/mol. The van der Waals surface area contributed by atoms with Crippen LogP contribution in [-0.2, 0) is 0 Å². The summed E-state index contributed by atoms with van der Waals surface area (Å²) >= 11 is 0. The molecular formula is C15H18FN3. The van der Waals surface area contributed by atoms with Crippen molar-refractivity contribution in [3.63, 3.8) is 0 Å². The predicted molar refractivity (Wildman–Crippen MR) is 77.0 cm³/mol. The van der Waals surface area contributed by atoms with E-state index >= 15 is 0 Å². The van der Waals surface area contributed by atoms with Gasteiger partial charge in [0.2, 0.25) is 5.95 Å². The summed E-state index contributed by atoms with van der Waals surface area (Å²) in [6.07, 6.45) is 0. The zero-order valence-electron chi connectivity index (χ0n) is 11.4. The second-order valence-corrected chi connectivity index (χ2v) is 4.70. The van der Waals surface area contributed by atoms with E-state index in [1.807, 2.05) is 21.0 Å². The zero-order chi connectivity index (χ0) is 13.8. The van der Waals surface area contributed by atoms with E-state index in [1.54, 1.807) is 12.1 Å². The third kappa shape index (κ3) is 3.44. The fourth-order valence-electron chi connectivity index (χ4n) is 1.85. The molecule has 1 aromatic heterocycles. The Balaban J connectivity index is 2.09. The summed E-state index contributed by atoms with van der Waals surface area (Å²) in [4.78, 5) is 5.85. The second kappa shape index (κ2) is 5.69. The molecule has 0 spiro atoms. The van der Waals surface area contributed by atoms with E-state index in [2.05, 4.69) is 39.5 Å². The average Bonchev–Trinajstić information content (AvgIpc) is 2.39. The summed E-state index contributed by atoms with van der Waals surface area (Å²) in [5.41, 5.74) is 2.29. The molecule has 0 aliphatic carbocycles. The molecule has 0 aliphatic heterocycles. The maximum Gasteiger partial charge on any atom is 0.214 e. The van der Waals surface area contributed by atoms with Gasteiger partial charge in [-0.25, -0.2) is 4.98 Å². The largest absolute Gasteiger partial charge is 0.378 e. The van der Waals surface area contributed by atoms with Gasteiger partial charge in [-0.3, -0.25) is 0 Å². The summed E-state index contributed by atoms with van der Waals surface area (Å²) in [7, 11) is 4.01. The molecule has 0 fully saturated rings. The molecule has 1 heterocycles. The van der Waals surface area contributed by atoms with Crippen molar-refractivity contribution >= 4 is 11.5 Å². The number of hydrogen-bond donors (Lipinski definition) is 1. The SMILES string of the molecule is CC(Nc1cccc(F)n1)c1ccc(N(C)C)cc1. The van der Waals surface area contributed by atoms with Crippen LogP contribution in [0.25, 0.3) is 0 Å². The van der Waals surface area contributed by atoms with Crippen LogP contribution in [0.3, 0.4) is 0 Å². The number of aromatic nitrogens is 1. The summed E-state index contributed by atoms with van der Waals surface area (Å²) < 4.78 is 13.0. The van der Waals surface area contributed by atoms with Crippen LogP contribution < -0.4 is 10.2 Å². The first-order chi connectivity index (χ1) is 9.06. The molecule has 3 nitrogen and oxygen atoms in total.